The molecule has 2 N–H and O–H groups in total. The molecule has 47 heavy (non-hydrogen) atoms. The zero-order valence-corrected chi connectivity index (χ0v) is 31.9. The van der Waals surface area contributed by atoms with Gasteiger partial charge in [0.15, 0.2) is 0 Å². The lowest BCUT2D eigenvalue weighted by Crippen LogP contribution is -2.32. The van der Waals surface area contributed by atoms with Crippen molar-refractivity contribution < 1.29 is 30.1 Å². The van der Waals surface area contributed by atoms with Gasteiger partial charge in [-0.25, -0.2) is 0 Å². The monoisotopic (exact) mass is 708 g/mol. The fourth-order valence-electron chi connectivity index (χ4n) is 5.64. The van der Waals surface area contributed by atoms with E-state index in [0.29, 0.717) is 12.8 Å². The normalized spacial score (nSPS) is 12.0. The quantitative estimate of drug-likeness (QED) is 0.0621. The van der Waals surface area contributed by atoms with Crippen LogP contribution in [0, 0.1) is 0 Å². The van der Waals surface area contributed by atoms with Gasteiger partial charge in [-0.3, -0.25) is 9.59 Å². The summed E-state index contributed by atoms with van der Waals surface area (Å²) in [6.45, 7) is 4.04. The molecule has 0 aromatic heterocycles. The first-order valence-electron chi connectivity index (χ1n) is 19.3. The van der Waals surface area contributed by atoms with Crippen LogP contribution in [0.5, 0.6) is 0 Å². The Hall–Kier alpha value is -1.20. The molecular formula is C36H72N2O7S2. The van der Waals surface area contributed by atoms with Gasteiger partial charge in [-0.2, -0.15) is 16.8 Å². The maximum atomic E-state index is 12.1. The van der Waals surface area contributed by atoms with Crippen LogP contribution >= 0.6 is 0 Å². The van der Waals surface area contributed by atoms with Crippen LogP contribution in [0.2, 0.25) is 0 Å². The molecule has 0 saturated heterocycles. The Balaban J connectivity index is 3.75. The molecule has 0 rings (SSSR count). The van der Waals surface area contributed by atoms with E-state index in [1.807, 2.05) is 0 Å². The molecular weight excluding hydrogens is 637 g/mol. The second kappa shape index (κ2) is 32.0. The third-order valence-electron chi connectivity index (χ3n) is 8.57. The van der Waals surface area contributed by atoms with E-state index in [1.165, 1.54) is 128 Å². The van der Waals surface area contributed by atoms with Gasteiger partial charge < -0.3 is 10.6 Å². The van der Waals surface area contributed by atoms with E-state index in [9.17, 15) is 26.4 Å². The average molecular weight is 709 g/mol. The summed E-state index contributed by atoms with van der Waals surface area (Å²) < 4.78 is 52.9. The first-order valence-corrected chi connectivity index (χ1v) is 22.5. The van der Waals surface area contributed by atoms with Crippen LogP contribution in [0.3, 0.4) is 0 Å². The molecule has 0 aliphatic rings. The number of unbranched alkanes of at least 4 members (excludes halogenated alkanes) is 24. The highest BCUT2D eigenvalue weighted by molar-refractivity contribution is 7.99. The smallest absolute Gasteiger partial charge is 0.283 e. The molecule has 0 heterocycles. The van der Waals surface area contributed by atoms with E-state index in [2.05, 4.69) is 28.1 Å². The minimum atomic E-state index is -4.39. The maximum absolute atomic E-state index is 12.1. The molecule has 0 radical (unpaired) electrons. The van der Waals surface area contributed by atoms with Crippen LogP contribution in [0.25, 0.3) is 0 Å². The first-order chi connectivity index (χ1) is 22.6. The van der Waals surface area contributed by atoms with Crippen molar-refractivity contribution in [2.45, 2.75) is 194 Å². The van der Waals surface area contributed by atoms with Crippen molar-refractivity contribution in [2.24, 2.45) is 0 Å². The Kier molecular flexibility index (Phi) is 31.2. The van der Waals surface area contributed by atoms with Gasteiger partial charge in [0, 0.05) is 25.9 Å². The lowest BCUT2D eigenvalue weighted by molar-refractivity contribution is -0.121. The lowest BCUT2D eigenvalue weighted by atomic mass is 10.0. The molecule has 0 unspecified atom stereocenters. The van der Waals surface area contributed by atoms with Gasteiger partial charge in [0.2, 0.25) is 11.8 Å². The van der Waals surface area contributed by atoms with E-state index in [-0.39, 0.29) is 24.9 Å². The molecule has 0 aromatic carbocycles. The van der Waals surface area contributed by atoms with Crippen LogP contribution in [-0.4, -0.2) is 53.2 Å². The van der Waals surface area contributed by atoms with Gasteiger partial charge in [0.1, 0.15) is 0 Å². The molecule has 0 aromatic rings. The van der Waals surface area contributed by atoms with Gasteiger partial charge in [0.25, 0.3) is 20.2 Å². The van der Waals surface area contributed by atoms with Crippen LogP contribution in [0.4, 0.5) is 0 Å². The second-order valence-corrected chi connectivity index (χ2v) is 16.9. The Morgan fingerprint density at radius 3 is 0.894 bits per heavy atom. The van der Waals surface area contributed by atoms with E-state index in [0.717, 1.165) is 38.5 Å². The number of carbonyl (C=O) groups excluding carboxylic acids is 2. The number of nitrogens with one attached hydrogen (secondary N) is 2. The van der Waals surface area contributed by atoms with Crippen LogP contribution in [-0.2, 0) is 33.5 Å². The summed E-state index contributed by atoms with van der Waals surface area (Å²) in [6, 6.07) is 0. The molecule has 2 amide bonds. The number of rotatable bonds is 36. The Morgan fingerprint density at radius 2 is 0.638 bits per heavy atom. The summed E-state index contributed by atoms with van der Waals surface area (Å²) in [7, 11) is -8.77. The first kappa shape index (κ1) is 45.8. The third kappa shape index (κ3) is 34.5. The van der Waals surface area contributed by atoms with Crippen LogP contribution in [0.15, 0.2) is 0 Å². The molecule has 0 fully saturated rings. The number of amides is 2. The van der Waals surface area contributed by atoms with Gasteiger partial charge in [-0.05, 0) is 12.8 Å². The number of carbonyl (C=O) groups is 2. The zero-order valence-electron chi connectivity index (χ0n) is 30.3. The summed E-state index contributed by atoms with van der Waals surface area (Å²) in [4.78, 5) is 24.0. The molecule has 0 aliphatic carbocycles. The summed E-state index contributed by atoms with van der Waals surface area (Å²) in [5.74, 6) is -1.78. The molecule has 0 spiro atoms. The largest absolute Gasteiger partial charge is 0.355 e. The summed E-state index contributed by atoms with van der Waals surface area (Å²) >= 11 is 0. The van der Waals surface area contributed by atoms with E-state index >= 15 is 0 Å². The van der Waals surface area contributed by atoms with Gasteiger partial charge in [-0.1, -0.05) is 168 Å². The molecule has 0 atom stereocenters. The van der Waals surface area contributed by atoms with Crippen molar-refractivity contribution in [2.75, 3.05) is 24.6 Å². The molecule has 0 saturated carbocycles. The van der Waals surface area contributed by atoms with Crippen molar-refractivity contribution in [1.29, 1.82) is 0 Å². The van der Waals surface area contributed by atoms with E-state index in [4.69, 9.17) is 0 Å². The Bertz CT molecular complexity index is 880. The molecule has 11 heteroatoms. The predicted molar refractivity (Wildman–Crippen MR) is 195 cm³/mol. The average Bonchev–Trinajstić information content (AvgIpc) is 3.01. The fraction of sp³-hybridized carbons (Fsp3) is 0.944. The molecule has 0 bridgehead atoms. The Morgan fingerprint density at radius 1 is 0.404 bits per heavy atom. The van der Waals surface area contributed by atoms with E-state index < -0.39 is 31.7 Å². The van der Waals surface area contributed by atoms with Crippen molar-refractivity contribution in [1.82, 2.24) is 10.6 Å². The van der Waals surface area contributed by atoms with Crippen molar-refractivity contribution in [3.63, 3.8) is 0 Å². The summed E-state index contributed by atoms with van der Waals surface area (Å²) in [5, 5.41) is 5.05. The standard InChI is InChI=1S/C36H72N2O7S2/c1-3-5-7-9-11-13-15-17-19-21-23-25-27-29-35(39)37-31-33-46(41,42)45-47(43,44)34-32-38-36(40)30-28-26-24-22-20-18-16-14-12-10-8-6-4-2/h3-34H2,1-2H3,(H,37,39)(H,38,40). The topological polar surface area (TPSA) is 136 Å². The van der Waals surface area contributed by atoms with Crippen molar-refractivity contribution in [3.8, 4) is 0 Å². The van der Waals surface area contributed by atoms with Crippen molar-refractivity contribution in [3.05, 3.63) is 0 Å². The lowest BCUT2D eigenvalue weighted by Gasteiger charge is -2.09. The highest BCUT2D eigenvalue weighted by atomic mass is 32.3. The highest BCUT2D eigenvalue weighted by Crippen LogP contribution is 2.14. The van der Waals surface area contributed by atoms with Crippen LogP contribution < -0.4 is 10.6 Å². The minimum absolute atomic E-state index is 0.217. The molecule has 9 nitrogen and oxygen atoms in total. The van der Waals surface area contributed by atoms with Gasteiger partial charge >= 0.3 is 0 Å². The molecule has 280 valence electrons. The highest BCUT2D eigenvalue weighted by Gasteiger charge is 2.23. The Labute approximate surface area is 290 Å². The second-order valence-electron chi connectivity index (χ2n) is 13.3. The SMILES string of the molecule is CCCCCCCCCCCCCCCC(=O)NCCS(=O)(=O)OS(=O)(=O)CCNC(=O)CCCCCCCCCCCCCCC. The summed E-state index contributed by atoms with van der Waals surface area (Å²) in [5.41, 5.74) is 0. The van der Waals surface area contributed by atoms with Gasteiger partial charge in [-0.15, -0.1) is 3.63 Å². The fourth-order valence-corrected chi connectivity index (χ4v) is 8.15. The number of hydrogen-bond donors (Lipinski definition) is 2. The third-order valence-corrected chi connectivity index (χ3v) is 11.6. The molecule has 0 aliphatic heterocycles. The van der Waals surface area contributed by atoms with Gasteiger partial charge in [0.05, 0.1) is 11.5 Å². The van der Waals surface area contributed by atoms with E-state index in [1.54, 1.807) is 0 Å². The maximum Gasteiger partial charge on any atom is 0.283 e. The number of hydrogen-bond acceptors (Lipinski definition) is 7. The summed E-state index contributed by atoms with van der Waals surface area (Å²) in [6.07, 6.45) is 32.2. The minimum Gasteiger partial charge on any atom is -0.355 e. The van der Waals surface area contributed by atoms with Crippen LogP contribution in [0.1, 0.15) is 194 Å². The predicted octanol–water partition coefficient (Wildman–Crippen LogP) is 8.86. The van der Waals surface area contributed by atoms with Crippen molar-refractivity contribution >= 4 is 32.1 Å². The zero-order chi connectivity index (χ0) is 34.9.